The van der Waals surface area contributed by atoms with Crippen LogP contribution in [0.5, 0.6) is 0 Å². The number of amides is 2. The van der Waals surface area contributed by atoms with Crippen LogP contribution in [-0.4, -0.2) is 54.0 Å². The van der Waals surface area contributed by atoms with Crippen LogP contribution in [0.15, 0.2) is 22.8 Å². The maximum atomic E-state index is 13.0. The molecule has 2 amide bonds. The van der Waals surface area contributed by atoms with Gasteiger partial charge in [-0.25, -0.2) is 8.78 Å². The molecule has 4 rings (SSSR count). The van der Waals surface area contributed by atoms with Crippen LogP contribution >= 0.6 is 0 Å². The van der Waals surface area contributed by atoms with Gasteiger partial charge in [-0.15, -0.1) is 0 Å². The van der Waals surface area contributed by atoms with Crippen LogP contribution in [0.25, 0.3) is 0 Å². The molecule has 8 heteroatoms. The average molecular weight is 368 g/mol. The Hall–Kier alpha value is -1.96. The standard InChI is InChI=1S/C18H22F2N2O4/c19-18(20)8-12(9-18)16(24)22-5-4-17(11-22)10-13(3-7-26-17)21-15(23)14-2-1-6-25-14/h1-2,6,12-13H,3-5,7-11H2,(H,21,23)/t13-,17-/m1/s1. The monoisotopic (exact) mass is 368 g/mol. The van der Waals surface area contributed by atoms with E-state index < -0.39 is 17.4 Å². The molecule has 2 aliphatic heterocycles. The second-order valence-electron chi connectivity index (χ2n) is 7.64. The van der Waals surface area contributed by atoms with Gasteiger partial charge in [0.1, 0.15) is 0 Å². The lowest BCUT2D eigenvalue weighted by molar-refractivity contribution is -0.160. The highest BCUT2D eigenvalue weighted by Gasteiger charge is 2.52. The predicted molar refractivity (Wildman–Crippen MR) is 86.7 cm³/mol. The van der Waals surface area contributed by atoms with Crippen LogP contribution in [0.1, 0.15) is 42.7 Å². The van der Waals surface area contributed by atoms with Crippen molar-refractivity contribution in [2.24, 2.45) is 5.92 Å². The van der Waals surface area contributed by atoms with Crippen molar-refractivity contribution in [1.29, 1.82) is 0 Å². The minimum atomic E-state index is -2.69. The summed E-state index contributed by atoms with van der Waals surface area (Å²) in [4.78, 5) is 26.2. The Morgan fingerprint density at radius 2 is 2.08 bits per heavy atom. The molecule has 142 valence electrons. The van der Waals surface area contributed by atoms with Crippen LogP contribution in [0.3, 0.4) is 0 Å². The van der Waals surface area contributed by atoms with E-state index in [9.17, 15) is 18.4 Å². The highest BCUT2D eigenvalue weighted by atomic mass is 19.3. The molecule has 0 bridgehead atoms. The summed E-state index contributed by atoms with van der Waals surface area (Å²) >= 11 is 0. The minimum absolute atomic E-state index is 0.0653. The number of nitrogens with one attached hydrogen (secondary N) is 1. The molecule has 1 aromatic rings. The van der Waals surface area contributed by atoms with E-state index in [4.69, 9.17) is 9.15 Å². The quantitative estimate of drug-likeness (QED) is 0.888. The summed E-state index contributed by atoms with van der Waals surface area (Å²) in [7, 11) is 0. The lowest BCUT2D eigenvalue weighted by Gasteiger charge is -2.39. The zero-order chi connectivity index (χ0) is 18.4. The summed E-state index contributed by atoms with van der Waals surface area (Å²) in [6.07, 6.45) is 2.71. The summed E-state index contributed by atoms with van der Waals surface area (Å²) in [6.45, 7) is 1.41. The summed E-state index contributed by atoms with van der Waals surface area (Å²) < 4.78 is 37.1. The Bertz CT molecular complexity index is 685. The van der Waals surface area contributed by atoms with Gasteiger partial charge in [0, 0.05) is 44.5 Å². The van der Waals surface area contributed by atoms with Gasteiger partial charge in [-0.2, -0.15) is 0 Å². The Kier molecular flexibility index (Phi) is 4.25. The van der Waals surface area contributed by atoms with Crippen molar-refractivity contribution in [3.8, 4) is 0 Å². The van der Waals surface area contributed by atoms with Crippen molar-refractivity contribution in [1.82, 2.24) is 10.2 Å². The highest BCUT2D eigenvalue weighted by Crippen LogP contribution is 2.44. The maximum Gasteiger partial charge on any atom is 0.287 e. The van der Waals surface area contributed by atoms with Crippen LogP contribution in [0, 0.1) is 5.92 Å². The maximum absolute atomic E-state index is 13.0. The minimum Gasteiger partial charge on any atom is -0.459 e. The van der Waals surface area contributed by atoms with E-state index in [-0.39, 0.29) is 36.5 Å². The molecule has 3 fully saturated rings. The number of hydrogen-bond acceptors (Lipinski definition) is 4. The van der Waals surface area contributed by atoms with Gasteiger partial charge in [0.25, 0.3) is 5.91 Å². The van der Waals surface area contributed by atoms with Crippen molar-refractivity contribution >= 4 is 11.8 Å². The second kappa shape index (κ2) is 6.33. The molecule has 3 aliphatic rings. The van der Waals surface area contributed by atoms with Crippen molar-refractivity contribution in [2.75, 3.05) is 19.7 Å². The smallest absolute Gasteiger partial charge is 0.287 e. The molecule has 1 saturated carbocycles. The second-order valence-corrected chi connectivity index (χ2v) is 7.64. The van der Waals surface area contributed by atoms with E-state index in [0.717, 1.165) is 0 Å². The molecule has 1 aromatic heterocycles. The fourth-order valence-corrected chi connectivity index (χ4v) is 4.23. The van der Waals surface area contributed by atoms with E-state index in [1.54, 1.807) is 17.0 Å². The van der Waals surface area contributed by atoms with Crippen molar-refractivity contribution in [3.05, 3.63) is 24.2 Å². The Balaban J connectivity index is 1.34. The van der Waals surface area contributed by atoms with Gasteiger partial charge in [0.2, 0.25) is 11.8 Å². The Morgan fingerprint density at radius 3 is 2.77 bits per heavy atom. The van der Waals surface area contributed by atoms with Crippen LogP contribution in [0.4, 0.5) is 8.78 Å². The van der Waals surface area contributed by atoms with E-state index in [0.29, 0.717) is 39.0 Å². The first-order valence-corrected chi connectivity index (χ1v) is 9.01. The number of carbonyl (C=O) groups is 2. The fraction of sp³-hybridized carbons (Fsp3) is 0.667. The van der Waals surface area contributed by atoms with Gasteiger partial charge < -0.3 is 19.4 Å². The summed E-state index contributed by atoms with van der Waals surface area (Å²) in [5, 5.41) is 2.96. The number of nitrogens with zero attached hydrogens (tertiary/aromatic N) is 1. The third kappa shape index (κ3) is 3.34. The van der Waals surface area contributed by atoms with Crippen LogP contribution in [0.2, 0.25) is 0 Å². The van der Waals surface area contributed by atoms with Crippen LogP contribution < -0.4 is 5.32 Å². The molecule has 2 atom stereocenters. The number of alkyl halides is 2. The molecule has 0 unspecified atom stereocenters. The first-order chi connectivity index (χ1) is 12.4. The first kappa shape index (κ1) is 17.5. The zero-order valence-electron chi connectivity index (χ0n) is 14.4. The van der Waals surface area contributed by atoms with Gasteiger partial charge >= 0.3 is 0 Å². The van der Waals surface area contributed by atoms with E-state index in [1.807, 2.05) is 0 Å². The molecule has 0 aromatic carbocycles. The zero-order valence-corrected chi connectivity index (χ0v) is 14.4. The molecule has 2 saturated heterocycles. The molecule has 1 aliphatic carbocycles. The SMILES string of the molecule is O=C(N[C@@H]1CCO[C@]2(CCN(C(=O)C3CC(F)(F)C3)C2)C1)c1ccco1. The van der Waals surface area contributed by atoms with E-state index in [1.165, 1.54) is 6.26 Å². The average Bonchev–Trinajstić information content (AvgIpc) is 3.22. The Labute approximate surface area is 149 Å². The lowest BCUT2D eigenvalue weighted by atomic mass is 9.80. The predicted octanol–water partition coefficient (Wildman–Crippen LogP) is 2.20. The molecule has 3 heterocycles. The number of ether oxygens (including phenoxy) is 1. The number of carbonyl (C=O) groups excluding carboxylic acids is 2. The number of hydrogen-bond donors (Lipinski definition) is 1. The Morgan fingerprint density at radius 1 is 1.27 bits per heavy atom. The first-order valence-electron chi connectivity index (χ1n) is 9.01. The normalized spacial score (nSPS) is 31.0. The highest BCUT2D eigenvalue weighted by molar-refractivity contribution is 5.91. The number of likely N-dealkylation sites (tertiary alicyclic amines) is 1. The van der Waals surface area contributed by atoms with Gasteiger partial charge in [0.15, 0.2) is 5.76 Å². The van der Waals surface area contributed by atoms with Gasteiger partial charge in [0.05, 0.1) is 11.9 Å². The molecule has 6 nitrogen and oxygen atoms in total. The molecule has 1 spiro atoms. The lowest BCUT2D eigenvalue weighted by Crippen LogP contribution is -2.51. The van der Waals surface area contributed by atoms with Gasteiger partial charge in [-0.3, -0.25) is 9.59 Å². The molecule has 1 N–H and O–H groups in total. The largest absolute Gasteiger partial charge is 0.459 e. The van der Waals surface area contributed by atoms with Gasteiger partial charge in [-0.1, -0.05) is 0 Å². The van der Waals surface area contributed by atoms with Gasteiger partial charge in [-0.05, 0) is 31.4 Å². The fourth-order valence-electron chi connectivity index (χ4n) is 4.23. The molecular weight excluding hydrogens is 346 g/mol. The number of halogens is 2. The third-order valence-corrected chi connectivity index (χ3v) is 5.64. The van der Waals surface area contributed by atoms with E-state index >= 15 is 0 Å². The third-order valence-electron chi connectivity index (χ3n) is 5.64. The van der Waals surface area contributed by atoms with E-state index in [2.05, 4.69) is 5.32 Å². The molecule has 26 heavy (non-hydrogen) atoms. The number of rotatable bonds is 3. The molecular formula is C18H22F2N2O4. The number of furan rings is 1. The summed E-state index contributed by atoms with van der Waals surface area (Å²) in [6, 6.07) is 3.20. The van der Waals surface area contributed by atoms with Crippen molar-refractivity contribution in [3.63, 3.8) is 0 Å². The summed E-state index contributed by atoms with van der Waals surface area (Å²) in [5.41, 5.74) is -0.499. The van der Waals surface area contributed by atoms with Crippen molar-refractivity contribution < 1.29 is 27.5 Å². The van der Waals surface area contributed by atoms with Crippen molar-refractivity contribution in [2.45, 2.75) is 49.7 Å². The topological polar surface area (TPSA) is 71.8 Å². The molecule has 0 radical (unpaired) electrons. The van der Waals surface area contributed by atoms with Crippen LogP contribution in [-0.2, 0) is 9.53 Å². The summed E-state index contributed by atoms with van der Waals surface area (Å²) in [5.74, 6) is -3.46.